The number of alkyl carbamates (subject to hydrolysis) is 1. The number of benzene rings is 1. The van der Waals surface area contributed by atoms with Crippen molar-refractivity contribution in [2.45, 2.75) is 52.4 Å². The highest BCUT2D eigenvalue weighted by molar-refractivity contribution is 5.99. The summed E-state index contributed by atoms with van der Waals surface area (Å²) in [5.74, 6) is 0. The van der Waals surface area contributed by atoms with Gasteiger partial charge in [0.25, 0.3) is 0 Å². The lowest BCUT2D eigenvalue weighted by atomic mass is 10.0. The number of hydrogen-bond acceptors (Lipinski definition) is 4. The topological polar surface area (TPSA) is 70.9 Å². The monoisotopic (exact) mass is 290 g/mol. The first kappa shape index (κ1) is 15.5. The van der Waals surface area contributed by atoms with Gasteiger partial charge in [-0.05, 0) is 44.9 Å². The Balaban J connectivity index is 2.02. The molecule has 1 aliphatic heterocycles. The molecule has 1 aromatic rings. The molecule has 0 bridgehead atoms. The summed E-state index contributed by atoms with van der Waals surface area (Å²) >= 11 is 0. The molecular formula is C16H22N2O3. The fraction of sp³-hybridized carbons (Fsp3) is 0.500. The molecule has 0 spiro atoms. The first-order valence-electron chi connectivity index (χ1n) is 7.08. The van der Waals surface area contributed by atoms with Crippen molar-refractivity contribution in [2.24, 2.45) is 4.99 Å². The van der Waals surface area contributed by atoms with E-state index in [1.165, 1.54) is 0 Å². The Hall–Kier alpha value is -1.88. The molecule has 0 saturated carbocycles. The van der Waals surface area contributed by atoms with Crippen LogP contribution in [-0.2, 0) is 17.8 Å². The number of aliphatic imine (C=N–C) groups is 1. The van der Waals surface area contributed by atoms with Crippen molar-refractivity contribution in [3.05, 3.63) is 29.3 Å². The molecule has 0 aromatic heterocycles. The van der Waals surface area contributed by atoms with Gasteiger partial charge in [0.2, 0.25) is 0 Å². The third-order valence-electron chi connectivity index (χ3n) is 3.20. The Labute approximate surface area is 125 Å². The van der Waals surface area contributed by atoms with Crippen molar-refractivity contribution in [1.82, 2.24) is 5.32 Å². The van der Waals surface area contributed by atoms with E-state index in [2.05, 4.69) is 10.3 Å². The number of rotatable bonds is 3. The second kappa shape index (κ2) is 5.85. The Morgan fingerprint density at radius 1 is 1.48 bits per heavy atom. The average molecular weight is 290 g/mol. The summed E-state index contributed by atoms with van der Waals surface area (Å²) in [5, 5.41) is 11.9. The highest BCUT2D eigenvalue weighted by Gasteiger charge is 2.23. The number of aliphatic hydroxyl groups is 1. The number of ether oxygens (including phenoxy) is 1. The van der Waals surface area contributed by atoms with Gasteiger partial charge in [-0.3, -0.25) is 4.99 Å². The SMILES string of the molecule is CC(NC(=O)OC(C)(C)C)C1=Nc2cc(CO)ccc2C1. The number of fused-ring (bicyclic) bond motifs is 1. The van der Waals surface area contributed by atoms with Gasteiger partial charge in [-0.15, -0.1) is 0 Å². The zero-order valence-electron chi connectivity index (χ0n) is 12.9. The van der Waals surface area contributed by atoms with E-state index < -0.39 is 11.7 Å². The number of carbonyl (C=O) groups is 1. The normalized spacial score (nSPS) is 15.2. The third kappa shape index (κ3) is 4.04. The summed E-state index contributed by atoms with van der Waals surface area (Å²) in [6.45, 7) is 7.38. The summed E-state index contributed by atoms with van der Waals surface area (Å²) in [6.07, 6.45) is 0.266. The highest BCUT2D eigenvalue weighted by atomic mass is 16.6. The quantitative estimate of drug-likeness (QED) is 0.899. The molecule has 2 rings (SSSR count). The van der Waals surface area contributed by atoms with E-state index in [9.17, 15) is 4.79 Å². The molecule has 2 N–H and O–H groups in total. The highest BCUT2D eigenvalue weighted by Crippen LogP contribution is 2.28. The minimum atomic E-state index is -0.514. The molecule has 5 heteroatoms. The van der Waals surface area contributed by atoms with Crippen LogP contribution >= 0.6 is 0 Å². The van der Waals surface area contributed by atoms with Gasteiger partial charge in [0, 0.05) is 12.1 Å². The molecule has 0 aliphatic carbocycles. The fourth-order valence-corrected chi connectivity index (χ4v) is 2.17. The molecule has 5 nitrogen and oxygen atoms in total. The summed E-state index contributed by atoms with van der Waals surface area (Å²) < 4.78 is 5.24. The van der Waals surface area contributed by atoms with Crippen molar-refractivity contribution in [3.63, 3.8) is 0 Å². The standard InChI is InChI=1S/C16H22N2O3/c1-10(17-15(20)21-16(2,3)4)13-8-12-6-5-11(9-19)7-14(12)18-13/h5-7,10,19H,8-9H2,1-4H3,(H,17,20). The molecule has 0 saturated heterocycles. The summed E-state index contributed by atoms with van der Waals surface area (Å²) in [6, 6.07) is 5.55. The maximum absolute atomic E-state index is 11.8. The number of hydrogen-bond donors (Lipinski definition) is 2. The van der Waals surface area contributed by atoms with Crippen LogP contribution in [0, 0.1) is 0 Å². The van der Waals surface area contributed by atoms with Gasteiger partial charge < -0.3 is 15.2 Å². The second-order valence-electron chi connectivity index (χ2n) is 6.27. The van der Waals surface area contributed by atoms with Gasteiger partial charge in [0.1, 0.15) is 5.60 Å². The summed E-state index contributed by atoms with van der Waals surface area (Å²) in [5.41, 5.74) is 3.20. The maximum atomic E-state index is 11.8. The molecule has 114 valence electrons. The first-order chi connectivity index (χ1) is 9.78. The number of nitrogens with one attached hydrogen (secondary N) is 1. The van der Waals surface area contributed by atoms with Crippen molar-refractivity contribution in [2.75, 3.05) is 0 Å². The van der Waals surface area contributed by atoms with Crippen LogP contribution in [0.3, 0.4) is 0 Å². The van der Waals surface area contributed by atoms with E-state index in [1.807, 2.05) is 45.9 Å². The van der Waals surface area contributed by atoms with Crippen LogP contribution in [0.2, 0.25) is 0 Å². The Kier molecular flexibility index (Phi) is 4.32. The zero-order chi connectivity index (χ0) is 15.6. The van der Waals surface area contributed by atoms with Crippen LogP contribution in [0.15, 0.2) is 23.2 Å². The number of carbonyl (C=O) groups excluding carboxylic acids is 1. The molecular weight excluding hydrogens is 268 g/mol. The number of amides is 1. The molecule has 1 unspecified atom stereocenters. The minimum absolute atomic E-state index is 0.00381. The molecule has 0 radical (unpaired) electrons. The average Bonchev–Trinajstić information content (AvgIpc) is 2.78. The predicted octanol–water partition coefficient (Wildman–Crippen LogP) is 2.72. The van der Waals surface area contributed by atoms with E-state index in [0.29, 0.717) is 6.42 Å². The number of nitrogens with zero attached hydrogens (tertiary/aromatic N) is 1. The van der Waals surface area contributed by atoms with Crippen LogP contribution in [-0.4, -0.2) is 28.6 Å². The number of aliphatic hydroxyl groups excluding tert-OH is 1. The van der Waals surface area contributed by atoms with Crippen LogP contribution in [0.4, 0.5) is 10.5 Å². The van der Waals surface area contributed by atoms with E-state index >= 15 is 0 Å². The summed E-state index contributed by atoms with van der Waals surface area (Å²) in [4.78, 5) is 16.3. The van der Waals surface area contributed by atoms with Crippen molar-refractivity contribution in [3.8, 4) is 0 Å². The van der Waals surface area contributed by atoms with Crippen molar-refractivity contribution < 1.29 is 14.6 Å². The Bertz CT molecular complexity index is 573. The molecule has 1 aliphatic rings. The Morgan fingerprint density at radius 3 is 2.81 bits per heavy atom. The van der Waals surface area contributed by atoms with E-state index in [1.54, 1.807) is 0 Å². The molecule has 21 heavy (non-hydrogen) atoms. The molecule has 1 amide bonds. The lowest BCUT2D eigenvalue weighted by molar-refractivity contribution is 0.0521. The van der Waals surface area contributed by atoms with E-state index in [0.717, 1.165) is 22.5 Å². The smallest absolute Gasteiger partial charge is 0.408 e. The van der Waals surface area contributed by atoms with E-state index in [4.69, 9.17) is 9.84 Å². The van der Waals surface area contributed by atoms with Gasteiger partial charge in [-0.2, -0.15) is 0 Å². The van der Waals surface area contributed by atoms with Crippen LogP contribution in [0.1, 0.15) is 38.8 Å². The lowest BCUT2D eigenvalue weighted by Gasteiger charge is -2.22. The van der Waals surface area contributed by atoms with Crippen LogP contribution in [0.25, 0.3) is 0 Å². The van der Waals surface area contributed by atoms with Crippen molar-refractivity contribution in [1.29, 1.82) is 0 Å². The van der Waals surface area contributed by atoms with Gasteiger partial charge in [0.05, 0.1) is 18.3 Å². The van der Waals surface area contributed by atoms with Crippen LogP contribution < -0.4 is 5.32 Å². The lowest BCUT2D eigenvalue weighted by Crippen LogP contribution is -2.41. The molecule has 0 fully saturated rings. The minimum Gasteiger partial charge on any atom is -0.444 e. The predicted molar refractivity (Wildman–Crippen MR) is 82.0 cm³/mol. The zero-order valence-corrected chi connectivity index (χ0v) is 12.9. The molecule has 1 aromatic carbocycles. The fourth-order valence-electron chi connectivity index (χ4n) is 2.17. The van der Waals surface area contributed by atoms with Gasteiger partial charge in [-0.1, -0.05) is 12.1 Å². The Morgan fingerprint density at radius 2 is 2.19 bits per heavy atom. The van der Waals surface area contributed by atoms with Gasteiger partial charge in [0.15, 0.2) is 0 Å². The van der Waals surface area contributed by atoms with Gasteiger partial charge in [-0.25, -0.2) is 4.79 Å². The largest absolute Gasteiger partial charge is 0.444 e. The second-order valence-corrected chi connectivity index (χ2v) is 6.27. The summed E-state index contributed by atoms with van der Waals surface area (Å²) in [7, 11) is 0. The van der Waals surface area contributed by atoms with Crippen LogP contribution in [0.5, 0.6) is 0 Å². The maximum Gasteiger partial charge on any atom is 0.408 e. The van der Waals surface area contributed by atoms with Crippen molar-refractivity contribution >= 4 is 17.5 Å². The van der Waals surface area contributed by atoms with Gasteiger partial charge >= 0.3 is 6.09 Å². The first-order valence-corrected chi connectivity index (χ1v) is 7.08. The third-order valence-corrected chi connectivity index (χ3v) is 3.20. The van der Waals surface area contributed by atoms with E-state index in [-0.39, 0.29) is 12.6 Å². The molecule has 1 heterocycles. The molecule has 1 atom stereocenters.